The van der Waals surface area contributed by atoms with E-state index in [4.69, 9.17) is 0 Å². The first-order chi connectivity index (χ1) is 9.11. The maximum atomic E-state index is 4.54. The van der Waals surface area contributed by atoms with Crippen LogP contribution in [0.4, 0.5) is 0 Å². The molecule has 1 saturated carbocycles. The van der Waals surface area contributed by atoms with Crippen LogP contribution in [0.2, 0.25) is 0 Å². The number of hydrogen-bond donors (Lipinski definition) is 1. The molecule has 1 aromatic rings. The Morgan fingerprint density at radius 3 is 2.63 bits per heavy atom. The number of rotatable bonds is 8. The molecule has 1 aliphatic carbocycles. The SMILES string of the molecule is CCCNC(CCC1CC1)Cc1c(C)nn(C)c1C. The number of hydrogen-bond acceptors (Lipinski definition) is 2. The van der Waals surface area contributed by atoms with Gasteiger partial charge in [-0.3, -0.25) is 4.68 Å². The van der Waals surface area contributed by atoms with Crippen LogP contribution in [0.1, 0.15) is 56.0 Å². The second-order valence-electron chi connectivity index (χ2n) is 6.15. The van der Waals surface area contributed by atoms with E-state index in [0.717, 1.165) is 18.9 Å². The van der Waals surface area contributed by atoms with Gasteiger partial charge in [0.2, 0.25) is 0 Å². The van der Waals surface area contributed by atoms with Crippen LogP contribution < -0.4 is 5.32 Å². The van der Waals surface area contributed by atoms with Crippen molar-refractivity contribution >= 4 is 0 Å². The zero-order chi connectivity index (χ0) is 13.8. The first kappa shape index (κ1) is 14.6. The topological polar surface area (TPSA) is 29.9 Å². The summed E-state index contributed by atoms with van der Waals surface area (Å²) < 4.78 is 2.02. The average Bonchev–Trinajstić information content (AvgIpc) is 3.17. The summed E-state index contributed by atoms with van der Waals surface area (Å²) in [5, 5.41) is 8.27. The third kappa shape index (κ3) is 4.07. The predicted molar refractivity (Wildman–Crippen MR) is 80.4 cm³/mol. The van der Waals surface area contributed by atoms with Gasteiger partial charge >= 0.3 is 0 Å². The van der Waals surface area contributed by atoms with Crippen molar-refractivity contribution in [3.8, 4) is 0 Å². The maximum Gasteiger partial charge on any atom is 0.0628 e. The van der Waals surface area contributed by atoms with Crippen molar-refractivity contribution < 1.29 is 0 Å². The molecule has 0 spiro atoms. The van der Waals surface area contributed by atoms with Gasteiger partial charge in [0.05, 0.1) is 5.69 Å². The van der Waals surface area contributed by atoms with Gasteiger partial charge in [-0.15, -0.1) is 0 Å². The highest BCUT2D eigenvalue weighted by Gasteiger charge is 2.23. The molecule has 3 heteroatoms. The number of aromatic nitrogens is 2. The smallest absolute Gasteiger partial charge is 0.0628 e. The van der Waals surface area contributed by atoms with Crippen LogP contribution >= 0.6 is 0 Å². The van der Waals surface area contributed by atoms with Crippen molar-refractivity contribution in [3.63, 3.8) is 0 Å². The van der Waals surface area contributed by atoms with Gasteiger partial charge in [0, 0.05) is 18.8 Å². The zero-order valence-corrected chi connectivity index (χ0v) is 13.0. The Morgan fingerprint density at radius 1 is 1.37 bits per heavy atom. The molecule has 0 amide bonds. The summed E-state index contributed by atoms with van der Waals surface area (Å²) in [7, 11) is 2.05. The molecule has 3 nitrogen and oxygen atoms in total. The van der Waals surface area contributed by atoms with Gasteiger partial charge in [0.25, 0.3) is 0 Å². The molecule has 1 aliphatic rings. The summed E-state index contributed by atoms with van der Waals surface area (Å²) in [5.74, 6) is 1.03. The largest absolute Gasteiger partial charge is 0.314 e. The molecule has 0 bridgehead atoms. The van der Waals surface area contributed by atoms with Crippen molar-refractivity contribution in [2.45, 2.75) is 65.3 Å². The van der Waals surface area contributed by atoms with Crippen molar-refractivity contribution in [2.24, 2.45) is 13.0 Å². The lowest BCUT2D eigenvalue weighted by Gasteiger charge is -2.19. The molecule has 1 aromatic heterocycles. The van der Waals surface area contributed by atoms with Crippen LogP contribution in [0.3, 0.4) is 0 Å². The fourth-order valence-corrected chi connectivity index (χ4v) is 2.83. The number of nitrogens with zero attached hydrogens (tertiary/aromatic N) is 2. The summed E-state index contributed by atoms with van der Waals surface area (Å²) in [6.07, 6.45) is 8.00. The highest BCUT2D eigenvalue weighted by Crippen LogP contribution is 2.34. The number of nitrogens with one attached hydrogen (secondary N) is 1. The molecular formula is C16H29N3. The van der Waals surface area contributed by atoms with Gasteiger partial charge in [-0.05, 0) is 57.6 Å². The monoisotopic (exact) mass is 263 g/mol. The van der Waals surface area contributed by atoms with Crippen LogP contribution in [-0.4, -0.2) is 22.4 Å². The van der Waals surface area contributed by atoms with Gasteiger partial charge < -0.3 is 5.32 Å². The third-order valence-electron chi connectivity index (χ3n) is 4.41. The Labute approximate surface area is 117 Å². The van der Waals surface area contributed by atoms with Crippen molar-refractivity contribution in [3.05, 3.63) is 17.0 Å². The Kier molecular flexibility index (Phi) is 5.03. The van der Waals surface area contributed by atoms with Crippen LogP contribution in [0.15, 0.2) is 0 Å². The summed E-state index contributed by atoms with van der Waals surface area (Å²) in [6, 6.07) is 0.627. The minimum absolute atomic E-state index is 0.627. The van der Waals surface area contributed by atoms with E-state index in [2.05, 4.69) is 31.2 Å². The molecule has 108 valence electrons. The third-order valence-corrected chi connectivity index (χ3v) is 4.41. The first-order valence-electron chi connectivity index (χ1n) is 7.84. The van der Waals surface area contributed by atoms with E-state index in [9.17, 15) is 0 Å². The van der Waals surface area contributed by atoms with Crippen molar-refractivity contribution in [1.82, 2.24) is 15.1 Å². The van der Waals surface area contributed by atoms with E-state index in [0.29, 0.717) is 6.04 Å². The molecule has 0 aliphatic heterocycles. The Balaban J connectivity index is 1.96. The molecule has 1 fully saturated rings. The molecule has 0 radical (unpaired) electrons. The standard InChI is InChI=1S/C16H29N3/c1-5-10-17-15(9-8-14-6-7-14)11-16-12(2)18-19(4)13(16)3/h14-15,17H,5-11H2,1-4H3. The highest BCUT2D eigenvalue weighted by atomic mass is 15.3. The molecule has 0 aromatic carbocycles. The van der Waals surface area contributed by atoms with Crippen LogP contribution in [0.25, 0.3) is 0 Å². The molecule has 1 unspecified atom stereocenters. The Morgan fingerprint density at radius 2 is 2.11 bits per heavy atom. The Hall–Kier alpha value is -0.830. The summed E-state index contributed by atoms with van der Waals surface area (Å²) >= 11 is 0. The second kappa shape index (κ2) is 6.56. The molecule has 0 saturated heterocycles. The number of aryl methyl sites for hydroxylation is 2. The lowest BCUT2D eigenvalue weighted by Crippen LogP contribution is -2.32. The quantitative estimate of drug-likeness (QED) is 0.781. The first-order valence-corrected chi connectivity index (χ1v) is 7.84. The molecule has 1 heterocycles. The minimum Gasteiger partial charge on any atom is -0.314 e. The van der Waals surface area contributed by atoms with Crippen molar-refractivity contribution in [2.75, 3.05) is 6.54 Å². The van der Waals surface area contributed by atoms with Gasteiger partial charge in [-0.2, -0.15) is 5.10 Å². The second-order valence-corrected chi connectivity index (χ2v) is 6.15. The lowest BCUT2D eigenvalue weighted by atomic mass is 9.99. The van der Waals surface area contributed by atoms with Gasteiger partial charge in [0.1, 0.15) is 0 Å². The van der Waals surface area contributed by atoms with E-state index in [1.54, 1.807) is 0 Å². The van der Waals surface area contributed by atoms with Crippen LogP contribution in [-0.2, 0) is 13.5 Å². The molecule has 19 heavy (non-hydrogen) atoms. The molecule has 1 N–H and O–H groups in total. The predicted octanol–water partition coefficient (Wildman–Crippen LogP) is 3.14. The lowest BCUT2D eigenvalue weighted by molar-refractivity contribution is 0.451. The van der Waals surface area contributed by atoms with E-state index < -0.39 is 0 Å². The minimum atomic E-state index is 0.627. The van der Waals surface area contributed by atoms with Crippen LogP contribution in [0.5, 0.6) is 0 Å². The summed E-state index contributed by atoms with van der Waals surface area (Å²) in [4.78, 5) is 0. The normalized spacial score (nSPS) is 16.8. The fourth-order valence-electron chi connectivity index (χ4n) is 2.83. The van der Waals surface area contributed by atoms with Gasteiger partial charge in [-0.1, -0.05) is 19.8 Å². The highest BCUT2D eigenvalue weighted by molar-refractivity contribution is 5.25. The van der Waals surface area contributed by atoms with Gasteiger partial charge in [0.15, 0.2) is 0 Å². The summed E-state index contributed by atoms with van der Waals surface area (Å²) in [5.41, 5.74) is 3.98. The van der Waals surface area contributed by atoms with E-state index in [1.165, 1.54) is 49.1 Å². The van der Waals surface area contributed by atoms with Gasteiger partial charge in [-0.25, -0.2) is 0 Å². The summed E-state index contributed by atoms with van der Waals surface area (Å²) in [6.45, 7) is 7.70. The Bertz CT molecular complexity index is 404. The van der Waals surface area contributed by atoms with Crippen LogP contribution in [0, 0.1) is 19.8 Å². The molecule has 2 rings (SSSR count). The molecular weight excluding hydrogens is 234 g/mol. The van der Waals surface area contributed by atoms with E-state index in [1.807, 2.05) is 11.7 Å². The van der Waals surface area contributed by atoms with E-state index >= 15 is 0 Å². The maximum absolute atomic E-state index is 4.54. The van der Waals surface area contributed by atoms with Crippen molar-refractivity contribution in [1.29, 1.82) is 0 Å². The molecule has 1 atom stereocenters. The average molecular weight is 263 g/mol. The van der Waals surface area contributed by atoms with E-state index in [-0.39, 0.29) is 0 Å². The zero-order valence-electron chi connectivity index (χ0n) is 13.0. The fraction of sp³-hybridized carbons (Fsp3) is 0.812.